The highest BCUT2D eigenvalue weighted by Crippen LogP contribution is 2.40. The number of H-pyrrole nitrogens is 1. The van der Waals surface area contributed by atoms with Gasteiger partial charge in [0.25, 0.3) is 0 Å². The number of ether oxygens (including phenoxy) is 2. The molecule has 0 radical (unpaired) electrons. The van der Waals surface area contributed by atoms with Gasteiger partial charge in [-0.1, -0.05) is 0 Å². The highest BCUT2D eigenvalue weighted by molar-refractivity contribution is 7.19. The van der Waals surface area contributed by atoms with E-state index in [4.69, 9.17) is 9.47 Å². The Labute approximate surface area is 206 Å². The molecule has 4 aromatic rings. The van der Waals surface area contributed by atoms with E-state index in [0.29, 0.717) is 31.9 Å². The van der Waals surface area contributed by atoms with Gasteiger partial charge in [-0.25, -0.2) is 14.8 Å². The molecule has 6 rings (SSSR count). The van der Waals surface area contributed by atoms with Gasteiger partial charge < -0.3 is 24.6 Å². The molecule has 10 nitrogen and oxygen atoms in total. The number of amides is 2. The number of urea groups is 1. The van der Waals surface area contributed by atoms with Crippen molar-refractivity contribution in [1.82, 2.24) is 30.0 Å². The molecule has 0 spiro atoms. The summed E-state index contributed by atoms with van der Waals surface area (Å²) in [5, 5.41) is 12.5. The van der Waals surface area contributed by atoms with Crippen molar-refractivity contribution in [2.75, 3.05) is 32.1 Å². The monoisotopic (exact) mass is 493 g/mol. The number of hydrogen-bond donors (Lipinski definition) is 2. The second kappa shape index (κ2) is 8.65. The average molecular weight is 494 g/mol. The van der Waals surface area contributed by atoms with Gasteiger partial charge in [-0.3, -0.25) is 5.10 Å². The number of carbonyl (C=O) groups excluding carboxylic acids is 1. The quantitative estimate of drug-likeness (QED) is 0.445. The molecule has 3 aromatic heterocycles. The van der Waals surface area contributed by atoms with Crippen LogP contribution in [-0.4, -0.2) is 74.9 Å². The summed E-state index contributed by atoms with van der Waals surface area (Å²) in [4.78, 5) is 28.3. The first-order valence-electron chi connectivity index (χ1n) is 11.7. The van der Waals surface area contributed by atoms with Crippen LogP contribution in [0.4, 0.5) is 16.3 Å². The van der Waals surface area contributed by atoms with Crippen LogP contribution in [-0.2, 0) is 17.7 Å². The minimum atomic E-state index is 0.0505. The summed E-state index contributed by atoms with van der Waals surface area (Å²) in [6, 6.07) is 4.00. The zero-order chi connectivity index (χ0) is 24.1. The molecule has 0 aliphatic carbocycles. The van der Waals surface area contributed by atoms with Gasteiger partial charge in [0.1, 0.15) is 22.7 Å². The summed E-state index contributed by atoms with van der Waals surface area (Å²) in [6.45, 7) is 6.53. The molecular formula is C24H27N7O3S. The average Bonchev–Trinajstić information content (AvgIpc) is 3.46. The fraction of sp³-hybridized carbons (Fsp3) is 0.417. The first-order valence-corrected chi connectivity index (χ1v) is 12.5. The number of methoxy groups -OCH3 is 1. The fourth-order valence-electron chi connectivity index (χ4n) is 5.09. The fourth-order valence-corrected chi connectivity index (χ4v) is 6.29. The van der Waals surface area contributed by atoms with Gasteiger partial charge in [-0.2, -0.15) is 5.10 Å². The van der Waals surface area contributed by atoms with E-state index in [0.717, 1.165) is 43.9 Å². The molecule has 11 heteroatoms. The molecule has 2 aliphatic heterocycles. The van der Waals surface area contributed by atoms with Crippen molar-refractivity contribution in [3.63, 3.8) is 0 Å². The Morgan fingerprint density at radius 2 is 2.06 bits per heavy atom. The highest BCUT2D eigenvalue weighted by Gasteiger charge is 2.32. The molecule has 1 saturated heterocycles. The molecule has 1 fully saturated rings. The summed E-state index contributed by atoms with van der Waals surface area (Å²) in [6.07, 6.45) is 4.22. The number of benzene rings is 1. The second-order valence-electron chi connectivity index (χ2n) is 9.16. The number of aromatic nitrogens is 4. The number of thiophene rings is 1. The smallest absolute Gasteiger partial charge is 0.320 e. The minimum absolute atomic E-state index is 0.0505. The maximum atomic E-state index is 13.3. The second-order valence-corrected chi connectivity index (χ2v) is 10.2. The number of fused-ring (bicyclic) bond motifs is 4. The lowest BCUT2D eigenvalue weighted by atomic mass is 10.0. The van der Waals surface area contributed by atoms with Crippen LogP contribution in [0.1, 0.15) is 24.3 Å². The van der Waals surface area contributed by atoms with Gasteiger partial charge in [-0.05, 0) is 31.9 Å². The zero-order valence-electron chi connectivity index (χ0n) is 19.9. The maximum Gasteiger partial charge on any atom is 0.320 e. The van der Waals surface area contributed by atoms with Gasteiger partial charge in [0.05, 0.1) is 48.6 Å². The Kier molecular flexibility index (Phi) is 5.45. The van der Waals surface area contributed by atoms with Gasteiger partial charge in [0.15, 0.2) is 0 Å². The van der Waals surface area contributed by atoms with E-state index in [1.54, 1.807) is 31.0 Å². The van der Waals surface area contributed by atoms with E-state index in [-0.39, 0.29) is 18.2 Å². The third kappa shape index (κ3) is 3.94. The molecule has 2 N–H and O–H groups in total. The van der Waals surface area contributed by atoms with E-state index in [2.05, 4.69) is 25.5 Å². The predicted octanol–water partition coefficient (Wildman–Crippen LogP) is 3.91. The standard InChI is InChI=1S/C24H27N7O3S/c1-13-9-31(10-14(2)34-13)24(32)30-5-4-16-20(11-30)35-23-21(16)22(25-12-26-23)28-18-6-15-8-27-29-17(15)7-19(18)33-3/h6-8,12-14H,4-5,9-11H2,1-3H3,(H,27,29)(H,25,26,28)/t13-,14-/m0/s1. The minimum Gasteiger partial charge on any atom is -0.494 e. The van der Waals surface area contributed by atoms with E-state index < -0.39 is 0 Å². The van der Waals surface area contributed by atoms with E-state index in [9.17, 15) is 4.79 Å². The number of anilines is 2. The molecule has 2 atom stereocenters. The largest absolute Gasteiger partial charge is 0.494 e. The maximum absolute atomic E-state index is 13.3. The number of carbonyl (C=O) groups is 1. The van der Waals surface area contributed by atoms with Gasteiger partial charge in [0, 0.05) is 36.0 Å². The van der Waals surface area contributed by atoms with Crippen LogP contribution < -0.4 is 10.1 Å². The van der Waals surface area contributed by atoms with Crippen LogP contribution in [0.25, 0.3) is 21.1 Å². The topological polar surface area (TPSA) is 108 Å². The van der Waals surface area contributed by atoms with Crippen LogP contribution in [0.15, 0.2) is 24.7 Å². The van der Waals surface area contributed by atoms with Crippen LogP contribution in [0.2, 0.25) is 0 Å². The molecule has 2 aliphatic rings. The molecule has 35 heavy (non-hydrogen) atoms. The van der Waals surface area contributed by atoms with Gasteiger partial charge in [0.2, 0.25) is 0 Å². The van der Waals surface area contributed by atoms with Gasteiger partial charge >= 0.3 is 6.03 Å². The molecule has 1 aromatic carbocycles. The molecular weight excluding hydrogens is 466 g/mol. The lowest BCUT2D eigenvalue weighted by molar-refractivity contribution is -0.0585. The number of nitrogens with zero attached hydrogens (tertiary/aromatic N) is 5. The van der Waals surface area contributed by atoms with Gasteiger partial charge in [-0.15, -0.1) is 11.3 Å². The van der Waals surface area contributed by atoms with Crippen molar-refractivity contribution in [2.45, 2.75) is 39.0 Å². The lowest BCUT2D eigenvalue weighted by Gasteiger charge is -2.39. The number of hydrogen-bond acceptors (Lipinski definition) is 8. The number of nitrogens with one attached hydrogen (secondary N) is 2. The Morgan fingerprint density at radius 1 is 1.23 bits per heavy atom. The van der Waals surface area contributed by atoms with Crippen LogP contribution in [0.5, 0.6) is 5.75 Å². The normalized spacial score (nSPS) is 20.3. The van der Waals surface area contributed by atoms with Crippen molar-refractivity contribution in [2.24, 2.45) is 0 Å². The first-order chi connectivity index (χ1) is 17.0. The Balaban J connectivity index is 1.30. The van der Waals surface area contributed by atoms with Crippen molar-refractivity contribution >= 4 is 50.0 Å². The molecule has 182 valence electrons. The predicted molar refractivity (Wildman–Crippen MR) is 134 cm³/mol. The SMILES string of the molecule is COc1cc2[nH]ncc2cc1Nc1ncnc2sc3c(c12)CCN(C(=O)N1C[C@H](C)O[C@@H](C)C1)C3. The molecule has 0 saturated carbocycles. The molecule has 5 heterocycles. The Bertz CT molecular complexity index is 1410. The highest BCUT2D eigenvalue weighted by atomic mass is 32.1. The number of aromatic amines is 1. The molecule has 0 bridgehead atoms. The third-order valence-corrected chi connectivity index (χ3v) is 7.74. The molecule has 0 unspecified atom stereocenters. The summed E-state index contributed by atoms with van der Waals surface area (Å²) in [7, 11) is 1.65. The molecule has 2 amide bonds. The Hall–Kier alpha value is -3.44. The van der Waals surface area contributed by atoms with Crippen LogP contribution in [0, 0.1) is 0 Å². The van der Waals surface area contributed by atoms with Crippen LogP contribution in [0.3, 0.4) is 0 Å². The van der Waals surface area contributed by atoms with E-state index in [1.165, 1.54) is 5.56 Å². The van der Waals surface area contributed by atoms with Crippen molar-refractivity contribution in [3.8, 4) is 5.75 Å². The summed E-state index contributed by atoms with van der Waals surface area (Å²) < 4.78 is 11.4. The number of morpholine rings is 1. The number of rotatable bonds is 3. The summed E-state index contributed by atoms with van der Waals surface area (Å²) in [5.74, 6) is 1.44. The van der Waals surface area contributed by atoms with Crippen LogP contribution >= 0.6 is 11.3 Å². The third-order valence-electron chi connectivity index (χ3n) is 6.61. The first kappa shape index (κ1) is 22.1. The van der Waals surface area contributed by atoms with Crippen molar-refractivity contribution in [1.29, 1.82) is 0 Å². The summed E-state index contributed by atoms with van der Waals surface area (Å²) in [5.41, 5.74) is 2.93. The van der Waals surface area contributed by atoms with Crippen molar-refractivity contribution < 1.29 is 14.3 Å². The zero-order valence-corrected chi connectivity index (χ0v) is 20.7. The van der Waals surface area contributed by atoms with E-state index in [1.807, 2.05) is 35.8 Å². The van der Waals surface area contributed by atoms with E-state index >= 15 is 0 Å². The summed E-state index contributed by atoms with van der Waals surface area (Å²) >= 11 is 1.63. The van der Waals surface area contributed by atoms with Crippen molar-refractivity contribution in [3.05, 3.63) is 35.1 Å². The Morgan fingerprint density at radius 3 is 2.86 bits per heavy atom. The lowest BCUT2D eigenvalue weighted by Crippen LogP contribution is -2.53.